The summed E-state index contributed by atoms with van der Waals surface area (Å²) < 4.78 is 0. The summed E-state index contributed by atoms with van der Waals surface area (Å²) in [6.45, 7) is 5.57. The summed E-state index contributed by atoms with van der Waals surface area (Å²) in [6.07, 6.45) is 6.64. The van der Waals surface area contributed by atoms with Crippen LogP contribution in [0, 0.1) is 12.8 Å². The first-order valence-electron chi connectivity index (χ1n) is 7.08. The zero-order valence-electron chi connectivity index (χ0n) is 11.2. The van der Waals surface area contributed by atoms with Crippen LogP contribution >= 0.6 is 0 Å². The molecule has 1 heteroatoms. The van der Waals surface area contributed by atoms with E-state index in [1.54, 1.807) is 0 Å². The van der Waals surface area contributed by atoms with Crippen molar-refractivity contribution in [3.05, 3.63) is 35.4 Å². The van der Waals surface area contributed by atoms with E-state index >= 15 is 0 Å². The van der Waals surface area contributed by atoms with Crippen molar-refractivity contribution in [3.8, 4) is 0 Å². The standard InChI is InChI=1S/C16H25N/c1-3-12-17-16(15-9-10-15)11-8-14-6-4-13(2)5-7-14/h4-7,15-17H,3,8-12H2,1-2H3. The van der Waals surface area contributed by atoms with Gasteiger partial charge in [-0.3, -0.25) is 0 Å². The van der Waals surface area contributed by atoms with Crippen molar-refractivity contribution in [3.63, 3.8) is 0 Å². The quantitative estimate of drug-likeness (QED) is 0.754. The summed E-state index contributed by atoms with van der Waals surface area (Å²) in [5, 5.41) is 3.71. The highest BCUT2D eigenvalue weighted by atomic mass is 14.9. The number of aryl methyl sites for hydroxylation is 2. The predicted octanol–water partition coefficient (Wildman–Crippen LogP) is 3.71. The van der Waals surface area contributed by atoms with Crippen LogP contribution in [-0.2, 0) is 6.42 Å². The van der Waals surface area contributed by atoms with Gasteiger partial charge in [0.2, 0.25) is 0 Å². The van der Waals surface area contributed by atoms with E-state index in [4.69, 9.17) is 0 Å². The minimum atomic E-state index is 0.760. The van der Waals surface area contributed by atoms with Crippen LogP contribution in [0.1, 0.15) is 43.7 Å². The molecule has 1 unspecified atom stereocenters. The normalized spacial score (nSPS) is 17.1. The van der Waals surface area contributed by atoms with Crippen LogP contribution in [0.25, 0.3) is 0 Å². The average Bonchev–Trinajstić information content (AvgIpc) is 3.16. The van der Waals surface area contributed by atoms with Gasteiger partial charge in [-0.15, -0.1) is 0 Å². The number of rotatable bonds is 7. The lowest BCUT2D eigenvalue weighted by Crippen LogP contribution is -2.32. The predicted molar refractivity (Wildman–Crippen MR) is 74.3 cm³/mol. The van der Waals surface area contributed by atoms with Gasteiger partial charge < -0.3 is 5.32 Å². The third kappa shape index (κ3) is 4.16. The lowest BCUT2D eigenvalue weighted by molar-refractivity contribution is 0.436. The zero-order valence-corrected chi connectivity index (χ0v) is 11.2. The van der Waals surface area contributed by atoms with Crippen LogP contribution in [0.15, 0.2) is 24.3 Å². The Morgan fingerprint density at radius 2 is 1.94 bits per heavy atom. The number of benzene rings is 1. The molecule has 0 aliphatic heterocycles. The summed E-state index contributed by atoms with van der Waals surface area (Å²) >= 11 is 0. The molecule has 1 N–H and O–H groups in total. The Bertz CT molecular complexity index is 324. The van der Waals surface area contributed by atoms with Crippen molar-refractivity contribution in [1.82, 2.24) is 5.32 Å². The van der Waals surface area contributed by atoms with Gasteiger partial charge in [0, 0.05) is 6.04 Å². The van der Waals surface area contributed by atoms with Gasteiger partial charge in [0.25, 0.3) is 0 Å². The third-order valence-corrected chi connectivity index (χ3v) is 3.71. The lowest BCUT2D eigenvalue weighted by atomic mass is 10.0. The molecule has 0 amide bonds. The molecule has 2 rings (SSSR count). The smallest absolute Gasteiger partial charge is 0.00984 e. The molecule has 1 atom stereocenters. The summed E-state index contributed by atoms with van der Waals surface area (Å²) in [6, 6.07) is 9.76. The van der Waals surface area contributed by atoms with E-state index in [0.717, 1.165) is 12.0 Å². The van der Waals surface area contributed by atoms with Gasteiger partial charge in [0.1, 0.15) is 0 Å². The fourth-order valence-corrected chi connectivity index (χ4v) is 2.41. The molecule has 1 aliphatic carbocycles. The van der Waals surface area contributed by atoms with E-state index < -0.39 is 0 Å². The molecule has 0 saturated heterocycles. The molecule has 1 saturated carbocycles. The van der Waals surface area contributed by atoms with Crippen molar-refractivity contribution < 1.29 is 0 Å². The van der Waals surface area contributed by atoms with Crippen LogP contribution in [0.5, 0.6) is 0 Å². The molecule has 1 aromatic carbocycles. The van der Waals surface area contributed by atoms with Crippen LogP contribution in [0.3, 0.4) is 0 Å². The Kier molecular flexibility index (Phi) is 4.61. The monoisotopic (exact) mass is 231 g/mol. The van der Waals surface area contributed by atoms with E-state index in [1.807, 2.05) is 0 Å². The van der Waals surface area contributed by atoms with Gasteiger partial charge in [-0.25, -0.2) is 0 Å². The van der Waals surface area contributed by atoms with Crippen molar-refractivity contribution in [2.24, 2.45) is 5.92 Å². The van der Waals surface area contributed by atoms with E-state index in [-0.39, 0.29) is 0 Å². The molecule has 17 heavy (non-hydrogen) atoms. The molecule has 94 valence electrons. The Morgan fingerprint density at radius 1 is 1.24 bits per heavy atom. The third-order valence-electron chi connectivity index (χ3n) is 3.71. The van der Waals surface area contributed by atoms with Crippen LogP contribution in [0.2, 0.25) is 0 Å². The van der Waals surface area contributed by atoms with Gasteiger partial charge in [0.05, 0.1) is 0 Å². The summed E-state index contributed by atoms with van der Waals surface area (Å²) in [5.41, 5.74) is 2.84. The molecule has 1 fully saturated rings. The minimum Gasteiger partial charge on any atom is -0.314 e. The van der Waals surface area contributed by atoms with E-state index in [1.165, 1.54) is 49.8 Å². The minimum absolute atomic E-state index is 0.760. The maximum atomic E-state index is 3.71. The highest BCUT2D eigenvalue weighted by Gasteiger charge is 2.30. The number of nitrogens with one attached hydrogen (secondary N) is 1. The second kappa shape index (κ2) is 6.20. The second-order valence-corrected chi connectivity index (χ2v) is 5.42. The van der Waals surface area contributed by atoms with Crippen LogP contribution in [0.4, 0.5) is 0 Å². The van der Waals surface area contributed by atoms with Crippen molar-refractivity contribution in [1.29, 1.82) is 0 Å². The first kappa shape index (κ1) is 12.6. The molecule has 0 aromatic heterocycles. The van der Waals surface area contributed by atoms with E-state index in [0.29, 0.717) is 0 Å². The van der Waals surface area contributed by atoms with Gasteiger partial charge in [-0.05, 0) is 57.1 Å². The van der Waals surface area contributed by atoms with E-state index in [2.05, 4.69) is 43.4 Å². The Hall–Kier alpha value is -0.820. The topological polar surface area (TPSA) is 12.0 Å². The molecular formula is C16H25N. The molecule has 1 aliphatic rings. The molecule has 0 heterocycles. The first-order chi connectivity index (χ1) is 8.29. The van der Waals surface area contributed by atoms with Gasteiger partial charge in [-0.1, -0.05) is 36.8 Å². The first-order valence-corrected chi connectivity index (χ1v) is 7.08. The fraction of sp³-hybridized carbons (Fsp3) is 0.625. The molecule has 0 radical (unpaired) electrons. The highest BCUT2D eigenvalue weighted by Crippen LogP contribution is 2.34. The largest absolute Gasteiger partial charge is 0.314 e. The Morgan fingerprint density at radius 3 is 2.53 bits per heavy atom. The second-order valence-electron chi connectivity index (χ2n) is 5.42. The summed E-state index contributed by atoms with van der Waals surface area (Å²) in [4.78, 5) is 0. The number of hydrogen-bond acceptors (Lipinski definition) is 1. The van der Waals surface area contributed by atoms with Crippen molar-refractivity contribution in [2.75, 3.05) is 6.54 Å². The maximum Gasteiger partial charge on any atom is 0.00984 e. The van der Waals surface area contributed by atoms with E-state index in [9.17, 15) is 0 Å². The van der Waals surface area contributed by atoms with Gasteiger partial charge in [0.15, 0.2) is 0 Å². The zero-order chi connectivity index (χ0) is 12.1. The molecule has 0 spiro atoms. The van der Waals surface area contributed by atoms with Crippen molar-refractivity contribution in [2.45, 2.75) is 52.0 Å². The Balaban J connectivity index is 1.80. The van der Waals surface area contributed by atoms with Crippen LogP contribution in [-0.4, -0.2) is 12.6 Å². The Labute approximate surface area is 106 Å². The van der Waals surface area contributed by atoms with Gasteiger partial charge in [-0.2, -0.15) is 0 Å². The number of hydrogen-bond donors (Lipinski definition) is 1. The lowest BCUT2D eigenvalue weighted by Gasteiger charge is -2.17. The molecule has 1 aromatic rings. The molecule has 1 nitrogen and oxygen atoms in total. The summed E-state index contributed by atoms with van der Waals surface area (Å²) in [7, 11) is 0. The maximum absolute atomic E-state index is 3.71. The molecular weight excluding hydrogens is 206 g/mol. The fourth-order valence-electron chi connectivity index (χ4n) is 2.41. The van der Waals surface area contributed by atoms with Gasteiger partial charge >= 0.3 is 0 Å². The summed E-state index contributed by atoms with van der Waals surface area (Å²) in [5.74, 6) is 0.965. The average molecular weight is 231 g/mol. The van der Waals surface area contributed by atoms with Crippen LogP contribution < -0.4 is 5.32 Å². The van der Waals surface area contributed by atoms with Crippen molar-refractivity contribution >= 4 is 0 Å². The highest BCUT2D eigenvalue weighted by molar-refractivity contribution is 5.21. The molecule has 0 bridgehead atoms. The SMILES string of the molecule is CCCNC(CCc1ccc(C)cc1)C1CC1.